The van der Waals surface area contributed by atoms with Crippen LogP contribution >= 0.6 is 27.3 Å². The van der Waals surface area contributed by atoms with Gasteiger partial charge in [-0.3, -0.25) is 0 Å². The van der Waals surface area contributed by atoms with Crippen molar-refractivity contribution in [2.75, 3.05) is 0 Å². The van der Waals surface area contributed by atoms with Crippen molar-refractivity contribution >= 4 is 27.3 Å². The van der Waals surface area contributed by atoms with Crippen LogP contribution in [0.4, 0.5) is 0 Å². The molecule has 1 aromatic heterocycles. The molecule has 1 atom stereocenters. The molecule has 17 heavy (non-hydrogen) atoms. The Balaban J connectivity index is 2.32. The Morgan fingerprint density at radius 1 is 1.06 bits per heavy atom. The molecule has 1 heterocycles. The standard InChI is InChI=1S/C15H17BrS/c1-3-11-7-5-6-8-13(11)15(16)14-10-9-12(4-2)17-14/h5-10,15H,3-4H2,1-2H3. The summed E-state index contributed by atoms with van der Waals surface area (Å²) in [5.41, 5.74) is 2.83. The Hall–Kier alpha value is -0.600. The molecule has 0 N–H and O–H groups in total. The van der Waals surface area contributed by atoms with Crippen molar-refractivity contribution < 1.29 is 0 Å². The van der Waals surface area contributed by atoms with E-state index in [1.807, 2.05) is 11.3 Å². The molecule has 0 nitrogen and oxygen atoms in total. The molecule has 0 radical (unpaired) electrons. The van der Waals surface area contributed by atoms with Gasteiger partial charge in [0.05, 0.1) is 4.83 Å². The van der Waals surface area contributed by atoms with Gasteiger partial charge < -0.3 is 0 Å². The summed E-state index contributed by atoms with van der Waals surface area (Å²) in [5.74, 6) is 0. The average Bonchev–Trinajstić information content (AvgIpc) is 2.86. The zero-order valence-electron chi connectivity index (χ0n) is 10.2. The molecule has 0 fully saturated rings. The quantitative estimate of drug-likeness (QED) is 0.667. The van der Waals surface area contributed by atoms with Crippen LogP contribution in [0.5, 0.6) is 0 Å². The van der Waals surface area contributed by atoms with Gasteiger partial charge in [0.15, 0.2) is 0 Å². The highest BCUT2D eigenvalue weighted by Gasteiger charge is 2.15. The van der Waals surface area contributed by atoms with Crippen LogP contribution in [0.2, 0.25) is 0 Å². The lowest BCUT2D eigenvalue weighted by Gasteiger charge is -2.12. The van der Waals surface area contributed by atoms with Crippen LogP contribution in [0.3, 0.4) is 0 Å². The van der Waals surface area contributed by atoms with Crippen LogP contribution in [0.15, 0.2) is 36.4 Å². The number of rotatable bonds is 4. The highest BCUT2D eigenvalue weighted by molar-refractivity contribution is 9.09. The summed E-state index contributed by atoms with van der Waals surface area (Å²) in [6, 6.07) is 13.2. The minimum atomic E-state index is 0.337. The van der Waals surface area contributed by atoms with E-state index in [0.717, 1.165) is 12.8 Å². The normalized spacial score (nSPS) is 12.6. The van der Waals surface area contributed by atoms with E-state index in [0.29, 0.717) is 4.83 Å². The molecular formula is C15H17BrS. The molecule has 0 amide bonds. The molecule has 0 bridgehead atoms. The second kappa shape index (κ2) is 5.83. The van der Waals surface area contributed by atoms with Gasteiger partial charge in [0.25, 0.3) is 0 Å². The molecule has 0 saturated heterocycles. The van der Waals surface area contributed by atoms with Gasteiger partial charge in [-0.15, -0.1) is 11.3 Å². The Kier molecular flexibility index (Phi) is 4.41. The van der Waals surface area contributed by atoms with Gasteiger partial charge >= 0.3 is 0 Å². The van der Waals surface area contributed by atoms with Crippen molar-refractivity contribution in [2.45, 2.75) is 31.5 Å². The fraction of sp³-hybridized carbons (Fsp3) is 0.333. The van der Waals surface area contributed by atoms with Gasteiger partial charge in [-0.1, -0.05) is 54.0 Å². The molecule has 2 aromatic rings. The highest BCUT2D eigenvalue weighted by Crippen LogP contribution is 2.37. The number of thiophene rings is 1. The fourth-order valence-electron chi connectivity index (χ4n) is 1.98. The van der Waals surface area contributed by atoms with Crippen LogP contribution in [0.1, 0.15) is 39.6 Å². The lowest BCUT2D eigenvalue weighted by Crippen LogP contribution is -1.95. The smallest absolute Gasteiger partial charge is 0.0740 e. The molecule has 0 spiro atoms. The molecule has 2 rings (SSSR count). The molecule has 1 unspecified atom stereocenters. The zero-order valence-corrected chi connectivity index (χ0v) is 12.6. The lowest BCUT2D eigenvalue weighted by molar-refractivity contribution is 1.07. The van der Waals surface area contributed by atoms with Crippen molar-refractivity contribution in [1.29, 1.82) is 0 Å². The molecule has 2 heteroatoms. The van der Waals surface area contributed by atoms with Gasteiger partial charge in [-0.2, -0.15) is 0 Å². The first-order valence-corrected chi connectivity index (χ1v) is 7.80. The van der Waals surface area contributed by atoms with Crippen molar-refractivity contribution in [3.8, 4) is 0 Å². The summed E-state index contributed by atoms with van der Waals surface area (Å²) in [5, 5.41) is 0. The van der Waals surface area contributed by atoms with Crippen molar-refractivity contribution in [1.82, 2.24) is 0 Å². The first-order chi connectivity index (χ1) is 8.26. The second-order valence-corrected chi connectivity index (χ2v) is 6.19. The Labute approximate surface area is 116 Å². The maximum Gasteiger partial charge on any atom is 0.0740 e. The summed E-state index contributed by atoms with van der Waals surface area (Å²) in [4.78, 5) is 3.20. The summed E-state index contributed by atoms with van der Waals surface area (Å²) in [6.07, 6.45) is 2.21. The van der Waals surface area contributed by atoms with Crippen molar-refractivity contribution in [2.24, 2.45) is 0 Å². The fourth-order valence-corrected chi connectivity index (χ4v) is 3.81. The van der Waals surface area contributed by atoms with E-state index in [4.69, 9.17) is 0 Å². The van der Waals surface area contributed by atoms with E-state index in [1.54, 1.807) is 0 Å². The van der Waals surface area contributed by atoms with Crippen molar-refractivity contribution in [3.05, 3.63) is 57.3 Å². The number of alkyl halides is 1. The van der Waals surface area contributed by atoms with Crippen molar-refractivity contribution in [3.63, 3.8) is 0 Å². The number of hydrogen-bond acceptors (Lipinski definition) is 1. The van der Waals surface area contributed by atoms with E-state index >= 15 is 0 Å². The first kappa shape index (κ1) is 12.8. The number of hydrogen-bond donors (Lipinski definition) is 0. The third kappa shape index (κ3) is 2.80. The maximum absolute atomic E-state index is 3.84. The Morgan fingerprint density at radius 2 is 1.82 bits per heavy atom. The molecule has 0 aliphatic heterocycles. The summed E-state index contributed by atoms with van der Waals surface area (Å²) < 4.78 is 0. The highest BCUT2D eigenvalue weighted by atomic mass is 79.9. The lowest BCUT2D eigenvalue weighted by atomic mass is 10.0. The molecular weight excluding hydrogens is 292 g/mol. The van der Waals surface area contributed by atoms with Crippen LogP contribution in [-0.2, 0) is 12.8 Å². The minimum Gasteiger partial charge on any atom is -0.144 e. The Bertz CT molecular complexity index is 487. The van der Waals surface area contributed by atoms with Crippen LogP contribution < -0.4 is 0 Å². The van der Waals surface area contributed by atoms with E-state index in [9.17, 15) is 0 Å². The molecule has 0 aliphatic rings. The van der Waals surface area contributed by atoms with Gasteiger partial charge in [0.2, 0.25) is 0 Å². The molecule has 1 aromatic carbocycles. The summed E-state index contributed by atoms with van der Waals surface area (Å²) in [7, 11) is 0. The van der Waals surface area contributed by atoms with E-state index in [2.05, 4.69) is 66.2 Å². The molecule has 90 valence electrons. The van der Waals surface area contributed by atoms with E-state index in [1.165, 1.54) is 20.9 Å². The number of aryl methyl sites for hydroxylation is 2. The SMILES string of the molecule is CCc1ccc(C(Br)c2ccccc2CC)s1. The Morgan fingerprint density at radius 3 is 2.47 bits per heavy atom. The van der Waals surface area contributed by atoms with Crippen LogP contribution in [-0.4, -0.2) is 0 Å². The summed E-state index contributed by atoms with van der Waals surface area (Å²) >= 11 is 5.75. The molecule has 0 aliphatic carbocycles. The van der Waals surface area contributed by atoms with Crippen LogP contribution in [0, 0.1) is 0 Å². The van der Waals surface area contributed by atoms with Gasteiger partial charge in [-0.25, -0.2) is 0 Å². The van der Waals surface area contributed by atoms with Crippen LogP contribution in [0.25, 0.3) is 0 Å². The largest absolute Gasteiger partial charge is 0.144 e. The van der Waals surface area contributed by atoms with E-state index < -0.39 is 0 Å². The maximum atomic E-state index is 3.84. The van der Waals surface area contributed by atoms with E-state index in [-0.39, 0.29) is 0 Å². The number of halogens is 1. The molecule has 0 saturated carbocycles. The third-order valence-electron chi connectivity index (χ3n) is 2.99. The predicted octanol–water partition coefficient (Wildman–Crippen LogP) is 5.36. The predicted molar refractivity (Wildman–Crippen MR) is 80.3 cm³/mol. The third-order valence-corrected chi connectivity index (χ3v) is 5.57. The topological polar surface area (TPSA) is 0 Å². The average molecular weight is 309 g/mol. The first-order valence-electron chi connectivity index (χ1n) is 6.06. The minimum absolute atomic E-state index is 0.337. The van der Waals surface area contributed by atoms with Gasteiger partial charge in [0, 0.05) is 9.75 Å². The number of benzene rings is 1. The van der Waals surface area contributed by atoms with Gasteiger partial charge in [-0.05, 0) is 36.1 Å². The monoisotopic (exact) mass is 308 g/mol. The zero-order chi connectivity index (χ0) is 12.3. The second-order valence-electron chi connectivity index (χ2n) is 4.07. The van der Waals surface area contributed by atoms with Gasteiger partial charge in [0.1, 0.15) is 0 Å². The summed E-state index contributed by atoms with van der Waals surface area (Å²) in [6.45, 7) is 4.42.